The molecule has 2 aromatic rings. The topological polar surface area (TPSA) is 42.2 Å². The van der Waals surface area contributed by atoms with E-state index in [-0.39, 0.29) is 17.7 Å². The molecule has 0 aliphatic rings. The number of pyridine rings is 1. The molecule has 3 nitrogen and oxygen atoms in total. The minimum absolute atomic E-state index is 0.153. The first kappa shape index (κ1) is 9.21. The molecule has 1 aromatic carbocycles. The summed E-state index contributed by atoms with van der Waals surface area (Å²) in [4.78, 5) is 11.7. The van der Waals surface area contributed by atoms with Crippen LogP contribution in [0.25, 0.3) is 5.69 Å². The van der Waals surface area contributed by atoms with Crippen LogP contribution in [0.15, 0.2) is 47.4 Å². The second-order valence-corrected chi connectivity index (χ2v) is 3.48. The summed E-state index contributed by atoms with van der Waals surface area (Å²) in [7, 11) is 0. The molecule has 1 aromatic heterocycles. The maximum absolute atomic E-state index is 11.7. The van der Waals surface area contributed by atoms with Gasteiger partial charge in [-0.3, -0.25) is 9.36 Å². The molecule has 0 amide bonds. The van der Waals surface area contributed by atoms with E-state index in [0.717, 1.165) is 5.56 Å². The molecule has 82 valence electrons. The van der Waals surface area contributed by atoms with Gasteiger partial charge < -0.3 is 5.11 Å². The molecule has 16 heavy (non-hydrogen) atoms. The van der Waals surface area contributed by atoms with E-state index in [0.29, 0.717) is 5.69 Å². The fraction of sp³-hybridized carbons (Fsp3) is 0.154. The number of hydrogen-bond donors (Lipinski definition) is 1. The third-order valence-corrected chi connectivity index (χ3v) is 2.40. The lowest BCUT2D eigenvalue weighted by molar-refractivity contribution is 0.475. The SMILES string of the molecule is [2H]C(C)c1ccc(=O)n(-c2ccc(O)cc2)c1. The average Bonchev–Trinajstić information content (AvgIpc) is 2.31. The molecule has 0 aliphatic heterocycles. The Balaban J connectivity index is 2.54. The molecule has 0 saturated carbocycles. The largest absolute Gasteiger partial charge is 0.508 e. The van der Waals surface area contributed by atoms with Crippen LogP contribution in [-0.4, -0.2) is 9.67 Å². The van der Waals surface area contributed by atoms with Gasteiger partial charge in [-0.15, -0.1) is 0 Å². The molecule has 0 fully saturated rings. The lowest BCUT2D eigenvalue weighted by atomic mass is 10.2. The fourth-order valence-electron chi connectivity index (χ4n) is 1.49. The van der Waals surface area contributed by atoms with E-state index in [1.165, 1.54) is 22.8 Å². The lowest BCUT2D eigenvalue weighted by Gasteiger charge is -2.07. The first-order valence-electron chi connectivity index (χ1n) is 5.60. The molecule has 1 heterocycles. The summed E-state index contributed by atoms with van der Waals surface area (Å²) in [5, 5.41) is 9.20. The summed E-state index contributed by atoms with van der Waals surface area (Å²) < 4.78 is 9.10. The Kier molecular flexibility index (Phi) is 2.43. The van der Waals surface area contributed by atoms with Crippen molar-refractivity contribution in [3.05, 3.63) is 58.5 Å². The maximum atomic E-state index is 11.7. The molecule has 0 aliphatic carbocycles. The van der Waals surface area contributed by atoms with Crippen molar-refractivity contribution in [3.8, 4) is 11.4 Å². The van der Waals surface area contributed by atoms with Gasteiger partial charge in [-0.1, -0.05) is 13.0 Å². The van der Waals surface area contributed by atoms with E-state index >= 15 is 0 Å². The molecule has 2 rings (SSSR count). The summed E-state index contributed by atoms with van der Waals surface area (Å²) in [6, 6.07) is 9.49. The molecule has 0 bridgehead atoms. The van der Waals surface area contributed by atoms with Crippen molar-refractivity contribution in [2.75, 3.05) is 0 Å². The van der Waals surface area contributed by atoms with Crippen LogP contribution in [0.2, 0.25) is 0 Å². The molecule has 1 N–H and O–H groups in total. The van der Waals surface area contributed by atoms with Crippen LogP contribution < -0.4 is 5.56 Å². The molecule has 0 spiro atoms. The van der Waals surface area contributed by atoms with Crippen LogP contribution in [-0.2, 0) is 6.40 Å². The summed E-state index contributed by atoms with van der Waals surface area (Å²) in [5.74, 6) is 0.159. The summed E-state index contributed by atoms with van der Waals surface area (Å²) in [6.45, 7) is 1.75. The molecule has 0 saturated heterocycles. The molecular formula is C13H13NO2. The number of aromatic hydroxyl groups is 1. The van der Waals surface area contributed by atoms with Crippen molar-refractivity contribution in [2.45, 2.75) is 13.3 Å². The highest BCUT2D eigenvalue weighted by Gasteiger charge is 2.00. The van der Waals surface area contributed by atoms with Gasteiger partial charge >= 0.3 is 0 Å². The number of nitrogens with zero attached hydrogens (tertiary/aromatic N) is 1. The zero-order valence-corrected chi connectivity index (χ0v) is 8.92. The Morgan fingerprint density at radius 2 is 1.94 bits per heavy atom. The number of rotatable bonds is 2. The van der Waals surface area contributed by atoms with Gasteiger partial charge in [0.05, 0.1) is 0 Å². The monoisotopic (exact) mass is 216 g/mol. The normalized spacial score (nSPS) is 13.2. The minimum Gasteiger partial charge on any atom is -0.508 e. The van der Waals surface area contributed by atoms with Gasteiger partial charge in [0.15, 0.2) is 0 Å². The quantitative estimate of drug-likeness (QED) is 0.835. The van der Waals surface area contributed by atoms with E-state index in [9.17, 15) is 9.90 Å². The smallest absolute Gasteiger partial charge is 0.255 e. The van der Waals surface area contributed by atoms with Crippen LogP contribution in [0.1, 0.15) is 13.9 Å². The van der Waals surface area contributed by atoms with Crippen molar-refractivity contribution < 1.29 is 6.48 Å². The molecule has 0 radical (unpaired) electrons. The number of benzene rings is 1. The number of aryl methyl sites for hydroxylation is 1. The third-order valence-electron chi connectivity index (χ3n) is 2.40. The van der Waals surface area contributed by atoms with Gasteiger partial charge in [0.1, 0.15) is 5.75 Å². The summed E-state index contributed by atoms with van der Waals surface area (Å²) in [6.07, 6.45) is 1.28. The van der Waals surface area contributed by atoms with Gasteiger partial charge in [-0.2, -0.15) is 0 Å². The molecule has 3 heteroatoms. The molecule has 1 atom stereocenters. The van der Waals surface area contributed by atoms with Crippen molar-refractivity contribution in [1.29, 1.82) is 0 Å². The lowest BCUT2D eigenvalue weighted by Crippen LogP contribution is -2.16. The standard InChI is InChI=1S/C13H13NO2/c1-2-10-3-8-13(16)14(9-10)11-4-6-12(15)7-5-11/h3-9,15H,2H2,1H3/i2D. The van der Waals surface area contributed by atoms with Crippen LogP contribution in [0, 0.1) is 0 Å². The summed E-state index contributed by atoms with van der Waals surface area (Å²) >= 11 is 0. The first-order valence-corrected chi connectivity index (χ1v) is 5.02. The Morgan fingerprint density at radius 1 is 1.25 bits per heavy atom. The van der Waals surface area contributed by atoms with Gasteiger partial charge in [0, 0.05) is 19.3 Å². The fourth-order valence-corrected chi connectivity index (χ4v) is 1.49. The van der Waals surface area contributed by atoms with E-state index in [1.54, 1.807) is 31.3 Å². The predicted octanol–water partition coefficient (Wildman–Crippen LogP) is 2.11. The molecule has 1 unspecified atom stereocenters. The third kappa shape index (κ3) is 1.98. The second kappa shape index (κ2) is 4.23. The average molecular weight is 216 g/mol. The van der Waals surface area contributed by atoms with Gasteiger partial charge in [0.2, 0.25) is 0 Å². The van der Waals surface area contributed by atoms with Crippen molar-refractivity contribution in [3.63, 3.8) is 0 Å². The zero-order chi connectivity index (χ0) is 12.4. The Hall–Kier alpha value is -2.03. The van der Waals surface area contributed by atoms with Gasteiger partial charge in [0.25, 0.3) is 5.56 Å². The van der Waals surface area contributed by atoms with Gasteiger partial charge in [-0.25, -0.2) is 0 Å². The first-order chi connectivity index (χ1) is 8.08. The summed E-state index contributed by atoms with van der Waals surface area (Å²) in [5.41, 5.74) is 1.30. The Morgan fingerprint density at radius 3 is 2.56 bits per heavy atom. The van der Waals surface area contributed by atoms with Crippen LogP contribution in [0.3, 0.4) is 0 Å². The highest BCUT2D eigenvalue weighted by molar-refractivity contribution is 5.37. The highest BCUT2D eigenvalue weighted by Crippen LogP contribution is 2.12. The van der Waals surface area contributed by atoms with Crippen LogP contribution in [0.5, 0.6) is 5.75 Å². The van der Waals surface area contributed by atoms with E-state index in [2.05, 4.69) is 0 Å². The van der Waals surface area contributed by atoms with Crippen molar-refractivity contribution in [2.24, 2.45) is 0 Å². The van der Waals surface area contributed by atoms with Gasteiger partial charge in [-0.05, 0) is 36.2 Å². The number of hydrogen-bond acceptors (Lipinski definition) is 2. The molecular weight excluding hydrogens is 202 g/mol. The highest BCUT2D eigenvalue weighted by atomic mass is 16.3. The maximum Gasteiger partial charge on any atom is 0.255 e. The number of phenolic OH excluding ortho intramolecular Hbond substituents is 1. The van der Waals surface area contributed by atoms with E-state index < -0.39 is 0 Å². The van der Waals surface area contributed by atoms with Crippen molar-refractivity contribution >= 4 is 0 Å². The number of aromatic nitrogens is 1. The van der Waals surface area contributed by atoms with E-state index in [4.69, 9.17) is 1.37 Å². The predicted molar refractivity (Wildman–Crippen MR) is 63.1 cm³/mol. The Bertz CT molecular complexity index is 573. The Labute approximate surface area is 95.0 Å². The second-order valence-electron chi connectivity index (χ2n) is 3.48. The van der Waals surface area contributed by atoms with Crippen LogP contribution >= 0.6 is 0 Å². The van der Waals surface area contributed by atoms with Crippen molar-refractivity contribution in [1.82, 2.24) is 4.57 Å². The zero-order valence-electron chi connectivity index (χ0n) is 9.92. The minimum atomic E-state index is -0.376. The number of phenols is 1. The van der Waals surface area contributed by atoms with E-state index in [1.807, 2.05) is 0 Å². The van der Waals surface area contributed by atoms with Crippen LogP contribution in [0.4, 0.5) is 0 Å².